The molecule has 0 amide bonds. The van der Waals surface area contributed by atoms with E-state index in [1.807, 2.05) is 23.0 Å². The number of carbonyl (C=O) groups excluding carboxylic acids is 1. The Hall–Kier alpha value is -1.72. The Balaban J connectivity index is 1.19. The summed E-state index contributed by atoms with van der Waals surface area (Å²) >= 11 is 0. The van der Waals surface area contributed by atoms with Crippen LogP contribution in [0.2, 0.25) is 0 Å². The molecule has 4 saturated carbocycles. The van der Waals surface area contributed by atoms with E-state index < -0.39 is 0 Å². The van der Waals surface area contributed by atoms with E-state index >= 15 is 0 Å². The quantitative estimate of drug-likeness (QED) is 0.595. The van der Waals surface area contributed by atoms with Crippen LogP contribution < -0.4 is 5.48 Å². The minimum Gasteiger partial charge on any atom is -0.316 e. The van der Waals surface area contributed by atoms with Gasteiger partial charge < -0.3 is 5.21 Å². The van der Waals surface area contributed by atoms with Crippen LogP contribution in [0.5, 0.6) is 0 Å². The number of carbonyl (C=O) groups is 1. The first-order valence-corrected chi connectivity index (χ1v) is 13.3. The Morgan fingerprint density at radius 2 is 1.88 bits per heavy atom. The van der Waals surface area contributed by atoms with Crippen molar-refractivity contribution < 1.29 is 10.0 Å². The summed E-state index contributed by atoms with van der Waals surface area (Å²) in [7, 11) is 0. The highest BCUT2D eigenvalue weighted by Gasteiger charge is 2.58. The summed E-state index contributed by atoms with van der Waals surface area (Å²) in [6.45, 7) is 5.04. The maximum atomic E-state index is 13.6. The van der Waals surface area contributed by atoms with Crippen molar-refractivity contribution in [2.45, 2.75) is 83.7 Å². The van der Waals surface area contributed by atoms with E-state index in [2.05, 4.69) is 36.6 Å². The van der Waals surface area contributed by atoms with Gasteiger partial charge in [0.1, 0.15) is 6.54 Å². The van der Waals surface area contributed by atoms with Crippen molar-refractivity contribution in [3.05, 3.63) is 30.5 Å². The molecule has 1 aromatic heterocycles. The van der Waals surface area contributed by atoms with Gasteiger partial charge in [0.2, 0.25) is 0 Å². The smallest absolute Gasteiger partial charge is 0.157 e. The Morgan fingerprint density at radius 3 is 2.73 bits per heavy atom. The van der Waals surface area contributed by atoms with Gasteiger partial charge in [-0.15, -0.1) is 0 Å². The summed E-state index contributed by atoms with van der Waals surface area (Å²) in [5.41, 5.74) is 3.75. The number of Topliss-reactive ketones (excluding diaryl/α,β-unsaturated/α-hetero) is 1. The fourth-order valence-electron chi connectivity index (χ4n) is 9.14. The minimum absolute atomic E-state index is 0.0985. The Labute approximate surface area is 197 Å². The van der Waals surface area contributed by atoms with Gasteiger partial charge in [-0.1, -0.05) is 25.1 Å². The number of para-hydroxylation sites is 1. The number of hydrogen-bond donors (Lipinski definition) is 2. The number of aromatic nitrogens is 2. The number of benzene rings is 1. The lowest BCUT2D eigenvalue weighted by Crippen LogP contribution is -2.53. The predicted octanol–water partition coefficient (Wildman–Crippen LogP) is 5.61. The second kappa shape index (κ2) is 7.91. The van der Waals surface area contributed by atoms with Gasteiger partial charge in [0.25, 0.3) is 0 Å². The molecule has 0 radical (unpaired) electrons. The molecule has 0 spiro atoms. The monoisotopic (exact) mass is 449 g/mol. The van der Waals surface area contributed by atoms with E-state index in [1.54, 1.807) is 0 Å². The molecule has 5 nitrogen and oxygen atoms in total. The summed E-state index contributed by atoms with van der Waals surface area (Å²) in [5.74, 6) is 4.46. The second-order valence-corrected chi connectivity index (χ2v) is 12.4. The van der Waals surface area contributed by atoms with Gasteiger partial charge in [-0.05, 0) is 106 Å². The van der Waals surface area contributed by atoms with E-state index in [-0.39, 0.29) is 16.9 Å². The third-order valence-electron chi connectivity index (χ3n) is 10.8. The molecule has 8 atom stereocenters. The first kappa shape index (κ1) is 21.8. The molecule has 5 unspecified atom stereocenters. The lowest BCUT2D eigenvalue weighted by atomic mass is 9.48. The number of nitrogens with one attached hydrogen (secondary N) is 1. The summed E-state index contributed by atoms with van der Waals surface area (Å²) in [6.07, 6.45) is 12.7. The molecule has 0 aliphatic heterocycles. The number of nitrogens with zero attached hydrogens (tertiary/aromatic N) is 2. The highest BCUT2D eigenvalue weighted by atomic mass is 16.5. The molecule has 6 rings (SSSR count). The third-order valence-corrected chi connectivity index (χ3v) is 10.8. The number of hydrogen-bond acceptors (Lipinski definition) is 4. The Morgan fingerprint density at radius 1 is 1.06 bits per heavy atom. The molecule has 2 aromatic rings. The van der Waals surface area contributed by atoms with Crippen molar-refractivity contribution in [2.24, 2.45) is 40.9 Å². The molecule has 4 aliphatic carbocycles. The van der Waals surface area contributed by atoms with Crippen molar-refractivity contribution in [3.8, 4) is 0 Å². The first-order chi connectivity index (χ1) is 15.9. The van der Waals surface area contributed by atoms with E-state index in [1.165, 1.54) is 38.5 Å². The SMILES string of the molecule is CC12CC[C@@H]3C4CC[C@@](C)(NO)CC4CCC3[C@@H]1CCC2C(=O)Cn1ncc2ccccc21. The summed E-state index contributed by atoms with van der Waals surface area (Å²) < 4.78 is 1.92. The van der Waals surface area contributed by atoms with E-state index in [9.17, 15) is 10.0 Å². The lowest BCUT2D eigenvalue weighted by molar-refractivity contribution is -0.131. The van der Waals surface area contributed by atoms with Crippen LogP contribution in [0.3, 0.4) is 0 Å². The Bertz CT molecular complexity index is 1050. The van der Waals surface area contributed by atoms with Gasteiger partial charge in [-0.3, -0.25) is 9.48 Å². The van der Waals surface area contributed by atoms with Crippen molar-refractivity contribution in [2.75, 3.05) is 0 Å². The predicted molar refractivity (Wildman–Crippen MR) is 129 cm³/mol. The van der Waals surface area contributed by atoms with Gasteiger partial charge in [0.15, 0.2) is 5.78 Å². The van der Waals surface area contributed by atoms with Crippen LogP contribution in [0.4, 0.5) is 0 Å². The molecular weight excluding hydrogens is 410 g/mol. The van der Waals surface area contributed by atoms with Crippen LogP contribution >= 0.6 is 0 Å². The number of rotatable bonds is 4. The van der Waals surface area contributed by atoms with Gasteiger partial charge >= 0.3 is 0 Å². The zero-order chi connectivity index (χ0) is 22.8. The standard InChI is InChI=1S/C28H39N3O2/c1-27(30-33)13-11-20-18(15-27)7-8-22-21(20)12-14-28(2)23(22)9-10-24(28)26(32)17-31-25-6-4-3-5-19(25)16-29-31/h3-6,16,18,20-24,30,33H,7-15,17H2,1-2H3/t18?,20?,21-,22?,23+,24?,27-,28?/m1/s1. The van der Waals surface area contributed by atoms with Crippen LogP contribution in [0, 0.1) is 40.9 Å². The van der Waals surface area contributed by atoms with Gasteiger partial charge in [0.05, 0.1) is 11.7 Å². The molecule has 0 bridgehead atoms. The zero-order valence-electron chi connectivity index (χ0n) is 20.2. The number of hydroxylamine groups is 1. The van der Waals surface area contributed by atoms with Crippen LogP contribution in [-0.2, 0) is 11.3 Å². The highest BCUT2D eigenvalue weighted by molar-refractivity contribution is 5.85. The van der Waals surface area contributed by atoms with E-state index in [0.29, 0.717) is 18.2 Å². The van der Waals surface area contributed by atoms with Crippen LogP contribution in [0.1, 0.15) is 71.6 Å². The molecule has 4 aliphatic rings. The van der Waals surface area contributed by atoms with Crippen molar-refractivity contribution in [1.82, 2.24) is 15.3 Å². The average molecular weight is 450 g/mol. The third kappa shape index (κ3) is 3.41. The van der Waals surface area contributed by atoms with Crippen LogP contribution in [-0.4, -0.2) is 26.3 Å². The maximum Gasteiger partial charge on any atom is 0.157 e. The maximum absolute atomic E-state index is 13.6. The number of ketones is 1. The molecule has 33 heavy (non-hydrogen) atoms. The van der Waals surface area contributed by atoms with Crippen molar-refractivity contribution in [3.63, 3.8) is 0 Å². The first-order valence-electron chi connectivity index (χ1n) is 13.3. The van der Waals surface area contributed by atoms with Crippen molar-refractivity contribution >= 4 is 16.7 Å². The van der Waals surface area contributed by atoms with Crippen LogP contribution in [0.15, 0.2) is 30.5 Å². The van der Waals surface area contributed by atoms with Gasteiger partial charge in [-0.25, -0.2) is 0 Å². The fourth-order valence-corrected chi connectivity index (χ4v) is 9.14. The topological polar surface area (TPSA) is 67.2 Å². The molecule has 5 heteroatoms. The molecule has 1 heterocycles. The summed E-state index contributed by atoms with van der Waals surface area (Å²) in [5, 5.41) is 15.3. The molecule has 178 valence electrons. The van der Waals surface area contributed by atoms with E-state index in [0.717, 1.165) is 53.8 Å². The summed E-state index contributed by atoms with van der Waals surface area (Å²) in [4.78, 5) is 13.6. The van der Waals surface area contributed by atoms with Gasteiger partial charge in [0, 0.05) is 16.8 Å². The normalized spacial score (nSPS) is 42.5. The molecular formula is C28H39N3O2. The highest BCUT2D eigenvalue weighted by Crippen LogP contribution is 2.64. The molecule has 1 aromatic carbocycles. The van der Waals surface area contributed by atoms with E-state index in [4.69, 9.17) is 0 Å². The number of fused-ring (bicyclic) bond motifs is 6. The Kier molecular flexibility index (Phi) is 5.22. The second-order valence-electron chi connectivity index (χ2n) is 12.4. The van der Waals surface area contributed by atoms with Gasteiger partial charge in [-0.2, -0.15) is 10.6 Å². The summed E-state index contributed by atoms with van der Waals surface area (Å²) in [6, 6.07) is 8.19. The molecule has 2 N–H and O–H groups in total. The minimum atomic E-state index is -0.0985. The fraction of sp³-hybridized carbons (Fsp3) is 0.714. The van der Waals surface area contributed by atoms with Crippen LogP contribution in [0.25, 0.3) is 10.9 Å². The average Bonchev–Trinajstić information content (AvgIpc) is 3.39. The largest absolute Gasteiger partial charge is 0.316 e. The van der Waals surface area contributed by atoms with Crippen molar-refractivity contribution in [1.29, 1.82) is 0 Å². The molecule has 0 saturated heterocycles. The zero-order valence-corrected chi connectivity index (χ0v) is 20.2. The lowest BCUT2D eigenvalue weighted by Gasteiger charge is -2.57. The molecule has 4 fully saturated rings.